The van der Waals surface area contributed by atoms with Gasteiger partial charge in [0.15, 0.2) is 0 Å². The van der Waals surface area contributed by atoms with Gasteiger partial charge in [0.25, 0.3) is 0 Å². The number of carbonyl (C=O) groups is 1. The smallest absolute Gasteiger partial charge is 0.236 e. The van der Waals surface area contributed by atoms with Crippen LogP contribution in [-0.4, -0.2) is 58.5 Å². The predicted molar refractivity (Wildman–Crippen MR) is 135 cm³/mol. The van der Waals surface area contributed by atoms with Crippen LogP contribution in [0.1, 0.15) is 36.1 Å². The van der Waals surface area contributed by atoms with Gasteiger partial charge in [0, 0.05) is 30.8 Å². The van der Waals surface area contributed by atoms with Gasteiger partial charge >= 0.3 is 0 Å². The van der Waals surface area contributed by atoms with Crippen molar-refractivity contribution in [3.63, 3.8) is 0 Å². The molecule has 0 radical (unpaired) electrons. The van der Waals surface area contributed by atoms with Gasteiger partial charge in [-0.2, -0.15) is 5.26 Å². The molecule has 182 valence electrons. The van der Waals surface area contributed by atoms with Crippen molar-refractivity contribution in [3.05, 3.63) is 52.6 Å². The zero-order valence-corrected chi connectivity index (χ0v) is 21.0. The van der Waals surface area contributed by atoms with E-state index in [1.165, 1.54) is 16.9 Å². The third kappa shape index (κ3) is 5.51. The van der Waals surface area contributed by atoms with Crippen molar-refractivity contribution >= 4 is 17.2 Å². The molecule has 1 amide bonds. The van der Waals surface area contributed by atoms with E-state index < -0.39 is 0 Å². The highest BCUT2D eigenvalue weighted by Crippen LogP contribution is 2.36. The van der Waals surface area contributed by atoms with Gasteiger partial charge in [-0.3, -0.25) is 4.79 Å². The molecule has 2 N–H and O–H groups in total. The number of fused-ring (bicyclic) bond motifs is 1. The SMILES string of the molecule is Cc1c(-c2nnc(-c3ccc(OC(C)C)c(C#N)c3)s2)ccc2c1CCN(C(=O)CNCCO)C2. The first kappa shape index (κ1) is 24.8. The Morgan fingerprint density at radius 3 is 2.83 bits per heavy atom. The largest absolute Gasteiger partial charge is 0.490 e. The molecule has 35 heavy (non-hydrogen) atoms. The summed E-state index contributed by atoms with van der Waals surface area (Å²) in [7, 11) is 0. The highest BCUT2D eigenvalue weighted by atomic mass is 32.1. The minimum atomic E-state index is -0.0128. The molecular weight excluding hydrogens is 462 g/mol. The maximum Gasteiger partial charge on any atom is 0.236 e. The zero-order chi connectivity index (χ0) is 24.9. The number of aromatic nitrogens is 2. The maximum atomic E-state index is 12.4. The molecule has 2 aromatic carbocycles. The van der Waals surface area contributed by atoms with Crippen molar-refractivity contribution in [2.24, 2.45) is 0 Å². The Labute approximate surface area is 209 Å². The van der Waals surface area contributed by atoms with Gasteiger partial charge in [0.05, 0.1) is 24.8 Å². The van der Waals surface area contributed by atoms with Gasteiger partial charge in [-0.1, -0.05) is 23.5 Å². The number of ether oxygens (including phenoxy) is 1. The van der Waals surface area contributed by atoms with E-state index in [9.17, 15) is 10.1 Å². The van der Waals surface area contributed by atoms with Gasteiger partial charge < -0.3 is 20.1 Å². The van der Waals surface area contributed by atoms with Crippen molar-refractivity contribution in [2.75, 3.05) is 26.2 Å². The summed E-state index contributed by atoms with van der Waals surface area (Å²) in [5.74, 6) is 0.611. The van der Waals surface area contributed by atoms with E-state index in [1.54, 1.807) is 6.07 Å². The topological polar surface area (TPSA) is 111 Å². The molecule has 1 aliphatic heterocycles. The Morgan fingerprint density at radius 2 is 2.09 bits per heavy atom. The molecule has 0 atom stereocenters. The van der Waals surface area contributed by atoms with Crippen molar-refractivity contribution in [2.45, 2.75) is 39.8 Å². The predicted octanol–water partition coefficient (Wildman–Crippen LogP) is 3.31. The first-order chi connectivity index (χ1) is 16.9. The van der Waals surface area contributed by atoms with Crippen LogP contribution in [0.25, 0.3) is 21.1 Å². The molecule has 0 spiro atoms. The van der Waals surface area contributed by atoms with Crippen molar-refractivity contribution in [3.8, 4) is 33.0 Å². The number of nitriles is 1. The molecule has 8 nitrogen and oxygen atoms in total. The van der Waals surface area contributed by atoms with E-state index >= 15 is 0 Å². The molecule has 0 aliphatic carbocycles. The number of amides is 1. The van der Waals surface area contributed by atoms with Crippen molar-refractivity contribution in [1.29, 1.82) is 5.26 Å². The third-order valence-electron chi connectivity index (χ3n) is 5.97. The van der Waals surface area contributed by atoms with Crippen LogP contribution >= 0.6 is 11.3 Å². The lowest BCUT2D eigenvalue weighted by atomic mass is 9.92. The summed E-state index contributed by atoms with van der Waals surface area (Å²) >= 11 is 1.49. The fraction of sp³-hybridized carbons (Fsp3) is 0.385. The van der Waals surface area contributed by atoms with Crippen LogP contribution in [0, 0.1) is 18.3 Å². The number of carbonyl (C=O) groups excluding carboxylic acids is 1. The Bertz CT molecular complexity index is 1260. The number of rotatable bonds is 8. The second-order valence-electron chi connectivity index (χ2n) is 8.74. The van der Waals surface area contributed by atoms with Crippen molar-refractivity contribution in [1.82, 2.24) is 20.4 Å². The molecular formula is C26H29N5O3S. The standard InChI is InChI=1S/C26H29N5O3S/c1-16(2)34-23-7-5-18(12-20(23)13-27)25-29-30-26(35-25)22-6-4-19-15-31(10-8-21(19)17(22)3)24(33)14-28-9-11-32/h4-7,12,16,28,32H,8-11,14-15H2,1-3H3. The average Bonchev–Trinajstić information content (AvgIpc) is 3.34. The Balaban J connectivity index is 1.54. The van der Waals surface area contributed by atoms with E-state index in [0.717, 1.165) is 38.7 Å². The van der Waals surface area contributed by atoms with E-state index in [4.69, 9.17) is 9.84 Å². The molecule has 1 aromatic heterocycles. The summed E-state index contributed by atoms with van der Waals surface area (Å²) in [6.07, 6.45) is 0.774. The second kappa shape index (κ2) is 11.0. The number of hydrogen-bond donors (Lipinski definition) is 2. The van der Waals surface area contributed by atoms with Crippen LogP contribution < -0.4 is 10.1 Å². The lowest BCUT2D eigenvalue weighted by Crippen LogP contribution is -2.41. The van der Waals surface area contributed by atoms with E-state index in [-0.39, 0.29) is 25.2 Å². The van der Waals surface area contributed by atoms with Gasteiger partial charge in [-0.05, 0) is 62.1 Å². The Morgan fingerprint density at radius 1 is 1.29 bits per heavy atom. The molecule has 1 aliphatic rings. The first-order valence-electron chi connectivity index (χ1n) is 11.7. The fourth-order valence-electron chi connectivity index (χ4n) is 4.23. The van der Waals surface area contributed by atoms with E-state index in [1.807, 2.05) is 30.9 Å². The summed E-state index contributed by atoms with van der Waals surface area (Å²) in [5.41, 5.74) is 5.92. The van der Waals surface area contributed by atoms with Crippen LogP contribution in [0.3, 0.4) is 0 Å². The molecule has 3 aromatic rings. The van der Waals surface area contributed by atoms with Gasteiger partial charge in [0.1, 0.15) is 21.8 Å². The third-order valence-corrected chi connectivity index (χ3v) is 6.98. The van der Waals surface area contributed by atoms with E-state index in [0.29, 0.717) is 30.9 Å². The molecule has 0 bridgehead atoms. The molecule has 2 heterocycles. The van der Waals surface area contributed by atoms with Gasteiger partial charge in [0.2, 0.25) is 5.91 Å². The lowest BCUT2D eigenvalue weighted by molar-refractivity contribution is -0.131. The molecule has 0 fully saturated rings. The number of nitrogens with zero attached hydrogens (tertiary/aromatic N) is 4. The second-order valence-corrected chi connectivity index (χ2v) is 9.72. The minimum Gasteiger partial charge on any atom is -0.490 e. The molecule has 0 saturated carbocycles. The lowest BCUT2D eigenvalue weighted by Gasteiger charge is -2.30. The Hall–Kier alpha value is -3.32. The summed E-state index contributed by atoms with van der Waals surface area (Å²) in [6.45, 7) is 7.87. The quantitative estimate of drug-likeness (QED) is 0.465. The molecule has 4 rings (SSSR count). The number of hydrogen-bond acceptors (Lipinski definition) is 8. The maximum absolute atomic E-state index is 12.4. The number of nitrogens with one attached hydrogen (secondary N) is 1. The monoisotopic (exact) mass is 491 g/mol. The highest BCUT2D eigenvalue weighted by molar-refractivity contribution is 7.17. The molecule has 9 heteroatoms. The normalized spacial score (nSPS) is 13.0. The van der Waals surface area contributed by atoms with E-state index in [2.05, 4.69) is 40.6 Å². The van der Waals surface area contributed by atoms with Crippen LogP contribution in [0.2, 0.25) is 0 Å². The summed E-state index contributed by atoms with van der Waals surface area (Å²) in [6, 6.07) is 11.8. The zero-order valence-electron chi connectivity index (χ0n) is 20.2. The van der Waals surface area contributed by atoms with Gasteiger partial charge in [-0.15, -0.1) is 10.2 Å². The van der Waals surface area contributed by atoms with Crippen LogP contribution in [0.5, 0.6) is 5.75 Å². The average molecular weight is 492 g/mol. The summed E-state index contributed by atoms with van der Waals surface area (Å²) < 4.78 is 5.72. The Kier molecular flexibility index (Phi) is 7.76. The first-order valence-corrected chi connectivity index (χ1v) is 12.5. The molecule has 0 saturated heterocycles. The minimum absolute atomic E-state index is 0.0128. The van der Waals surface area contributed by atoms with Gasteiger partial charge in [-0.25, -0.2) is 0 Å². The van der Waals surface area contributed by atoms with Crippen LogP contribution in [0.15, 0.2) is 30.3 Å². The number of aliphatic hydroxyl groups excluding tert-OH is 1. The summed E-state index contributed by atoms with van der Waals surface area (Å²) in [5, 5.41) is 31.8. The van der Waals surface area contributed by atoms with Crippen LogP contribution in [-0.2, 0) is 17.8 Å². The van der Waals surface area contributed by atoms with Crippen LogP contribution in [0.4, 0.5) is 0 Å². The molecule has 0 unspecified atom stereocenters. The fourth-order valence-corrected chi connectivity index (χ4v) is 5.15. The highest BCUT2D eigenvalue weighted by Gasteiger charge is 2.23. The summed E-state index contributed by atoms with van der Waals surface area (Å²) in [4.78, 5) is 14.3. The van der Waals surface area contributed by atoms with Crippen molar-refractivity contribution < 1.29 is 14.6 Å². The number of aliphatic hydroxyl groups is 1. The number of benzene rings is 2.